The number of hydrogen-bond donors (Lipinski definition) is 2. The van der Waals surface area contributed by atoms with Crippen LogP contribution in [0, 0.1) is 17.0 Å². The zero-order valence-electron chi connectivity index (χ0n) is 24.1. The maximum absolute atomic E-state index is 15.1. The summed E-state index contributed by atoms with van der Waals surface area (Å²) in [5.74, 6) is -0.980. The maximum Gasteiger partial charge on any atom is 0.246 e. The smallest absolute Gasteiger partial charge is 0.246 e. The summed E-state index contributed by atoms with van der Waals surface area (Å²) in [5, 5.41) is 12.9. The van der Waals surface area contributed by atoms with E-state index in [2.05, 4.69) is 16.8 Å². The number of hydrogen-bond acceptors (Lipinski definition) is 6. The number of fused-ring (bicyclic) bond motifs is 1. The van der Waals surface area contributed by atoms with Crippen molar-refractivity contribution in [1.29, 1.82) is 5.41 Å². The lowest BCUT2D eigenvalue weighted by atomic mass is 9.96. The van der Waals surface area contributed by atoms with E-state index in [1.807, 2.05) is 18.7 Å². The molecular weight excluding hydrogens is 564 g/mol. The number of morpholine rings is 1. The van der Waals surface area contributed by atoms with Crippen LogP contribution in [0.3, 0.4) is 0 Å². The van der Waals surface area contributed by atoms with E-state index in [0.29, 0.717) is 42.2 Å². The van der Waals surface area contributed by atoms with E-state index in [9.17, 15) is 14.6 Å². The van der Waals surface area contributed by atoms with Gasteiger partial charge in [0.2, 0.25) is 5.91 Å². The number of rotatable bonds is 7. The molecule has 2 fully saturated rings. The number of amidine groups is 1. The molecule has 3 aliphatic rings. The van der Waals surface area contributed by atoms with Gasteiger partial charge in [-0.1, -0.05) is 18.2 Å². The molecule has 3 aliphatic heterocycles. The summed E-state index contributed by atoms with van der Waals surface area (Å²) < 4.78 is 40.9. The standard InChI is InChI=1S/C31H38ClF2N5O3/c1-4-27(40)38-17-20(3)39(18-19(38)2)31(35)24-15-25(32)28(23-8-7-21(33)14-26(23)34)30-29(24)36-16-22(42-30)6-5-9-37-10-12-41-13-11-37/h4,7-8,14-15,19-20,22,35-36H,1,5-6,9-13,16-18H2,2-3H3/t19-,20+,22?/m1/s1. The highest BCUT2D eigenvalue weighted by Crippen LogP contribution is 2.47. The summed E-state index contributed by atoms with van der Waals surface area (Å²) in [6.07, 6.45) is 2.79. The first-order valence-electron chi connectivity index (χ1n) is 14.5. The maximum atomic E-state index is 15.1. The van der Waals surface area contributed by atoms with Crippen LogP contribution >= 0.6 is 11.6 Å². The molecule has 2 saturated heterocycles. The summed E-state index contributed by atoms with van der Waals surface area (Å²) in [7, 11) is 0. The lowest BCUT2D eigenvalue weighted by molar-refractivity contribution is -0.130. The molecule has 11 heteroatoms. The number of carbonyl (C=O) groups excluding carboxylic acids is 1. The van der Waals surface area contributed by atoms with Gasteiger partial charge in [0, 0.05) is 61.0 Å². The largest absolute Gasteiger partial charge is 0.486 e. The van der Waals surface area contributed by atoms with E-state index in [-0.39, 0.29) is 40.5 Å². The predicted molar refractivity (Wildman–Crippen MR) is 161 cm³/mol. The van der Waals surface area contributed by atoms with Crippen molar-refractivity contribution < 1.29 is 23.0 Å². The van der Waals surface area contributed by atoms with E-state index >= 15 is 4.39 Å². The van der Waals surface area contributed by atoms with Crippen LogP contribution < -0.4 is 10.1 Å². The molecule has 0 bridgehead atoms. The average Bonchev–Trinajstić information content (AvgIpc) is 2.98. The van der Waals surface area contributed by atoms with Crippen molar-refractivity contribution in [1.82, 2.24) is 14.7 Å². The van der Waals surface area contributed by atoms with Gasteiger partial charge in [0.05, 0.1) is 30.5 Å². The Hall–Kier alpha value is -3.21. The van der Waals surface area contributed by atoms with Crippen LogP contribution in [0.2, 0.25) is 5.02 Å². The third-order valence-corrected chi connectivity index (χ3v) is 8.61. The molecule has 1 unspecified atom stereocenters. The van der Waals surface area contributed by atoms with Crippen LogP contribution in [-0.2, 0) is 9.53 Å². The molecule has 226 valence electrons. The van der Waals surface area contributed by atoms with Crippen LogP contribution in [0.15, 0.2) is 36.9 Å². The highest BCUT2D eigenvalue weighted by molar-refractivity contribution is 6.34. The first-order chi connectivity index (χ1) is 20.2. The fourth-order valence-electron chi connectivity index (χ4n) is 6.02. The Morgan fingerprint density at radius 3 is 2.60 bits per heavy atom. The fraction of sp³-hybridized carbons (Fsp3) is 0.484. The van der Waals surface area contributed by atoms with E-state index in [1.165, 1.54) is 18.2 Å². The van der Waals surface area contributed by atoms with Crippen LogP contribution in [0.5, 0.6) is 5.75 Å². The van der Waals surface area contributed by atoms with Crippen molar-refractivity contribution in [2.24, 2.45) is 0 Å². The van der Waals surface area contributed by atoms with E-state index in [1.54, 1.807) is 11.0 Å². The van der Waals surface area contributed by atoms with Gasteiger partial charge in [-0.25, -0.2) is 8.78 Å². The fourth-order valence-corrected chi connectivity index (χ4v) is 6.32. The second-order valence-electron chi connectivity index (χ2n) is 11.2. The number of carbonyl (C=O) groups is 1. The Balaban J connectivity index is 1.45. The van der Waals surface area contributed by atoms with Gasteiger partial charge in [0.1, 0.15) is 23.6 Å². The van der Waals surface area contributed by atoms with E-state index in [4.69, 9.17) is 21.1 Å². The number of benzene rings is 2. The van der Waals surface area contributed by atoms with Crippen LogP contribution in [0.25, 0.3) is 11.1 Å². The lowest BCUT2D eigenvalue weighted by Gasteiger charge is -2.45. The molecule has 2 aromatic rings. The number of anilines is 1. The number of nitrogens with one attached hydrogen (secondary N) is 2. The topological polar surface area (TPSA) is 81.1 Å². The van der Waals surface area contributed by atoms with Crippen LogP contribution in [0.4, 0.5) is 14.5 Å². The monoisotopic (exact) mass is 601 g/mol. The molecule has 2 aromatic carbocycles. The minimum atomic E-state index is -0.745. The number of ether oxygens (including phenoxy) is 2. The Labute approximate surface area is 250 Å². The van der Waals surface area contributed by atoms with E-state index in [0.717, 1.165) is 51.8 Å². The van der Waals surface area contributed by atoms with Gasteiger partial charge < -0.3 is 24.6 Å². The van der Waals surface area contributed by atoms with Crippen molar-refractivity contribution in [2.75, 3.05) is 57.8 Å². The molecule has 42 heavy (non-hydrogen) atoms. The van der Waals surface area contributed by atoms with Crippen LogP contribution in [0.1, 0.15) is 32.3 Å². The predicted octanol–water partition coefficient (Wildman–Crippen LogP) is 5.00. The molecular formula is C31H38ClF2N5O3. The zero-order chi connectivity index (χ0) is 30.0. The summed E-state index contributed by atoms with van der Waals surface area (Å²) in [5.41, 5.74) is 1.53. The Morgan fingerprint density at radius 1 is 1.17 bits per heavy atom. The van der Waals surface area contributed by atoms with E-state index < -0.39 is 11.6 Å². The normalized spacial score (nSPS) is 22.6. The number of amides is 1. The van der Waals surface area contributed by atoms with Gasteiger partial charge in [0.15, 0.2) is 5.75 Å². The molecule has 8 nitrogen and oxygen atoms in total. The molecule has 5 rings (SSSR count). The van der Waals surface area contributed by atoms with Gasteiger partial charge in [-0.3, -0.25) is 15.1 Å². The molecule has 3 heterocycles. The highest BCUT2D eigenvalue weighted by Gasteiger charge is 2.36. The third-order valence-electron chi connectivity index (χ3n) is 8.31. The number of nitrogens with zero attached hydrogens (tertiary/aromatic N) is 3. The Morgan fingerprint density at radius 2 is 1.88 bits per heavy atom. The summed E-state index contributed by atoms with van der Waals surface area (Å²) >= 11 is 6.83. The SMILES string of the molecule is C=CC(=O)N1C[C@H](C)N(C(=N)c2cc(Cl)c(-c3ccc(F)cc3F)c3c2NCC(CCCN2CCOCC2)O3)C[C@H]1C. The Kier molecular flexibility index (Phi) is 9.35. The number of piperazine rings is 1. The second-order valence-corrected chi connectivity index (χ2v) is 11.6. The van der Waals surface area contributed by atoms with Crippen molar-refractivity contribution in [2.45, 2.75) is 44.9 Å². The molecule has 0 aromatic heterocycles. The first-order valence-corrected chi connectivity index (χ1v) is 14.9. The zero-order valence-corrected chi connectivity index (χ0v) is 24.9. The molecule has 0 spiro atoms. The van der Waals surface area contributed by atoms with Gasteiger partial charge >= 0.3 is 0 Å². The van der Waals surface area contributed by atoms with Gasteiger partial charge in [-0.05, 0) is 57.5 Å². The summed E-state index contributed by atoms with van der Waals surface area (Å²) in [6, 6.07) is 4.76. The number of halogens is 3. The lowest BCUT2D eigenvalue weighted by Crippen LogP contribution is -2.59. The van der Waals surface area contributed by atoms with Crippen molar-refractivity contribution in [3.63, 3.8) is 0 Å². The summed E-state index contributed by atoms with van der Waals surface area (Å²) in [6.45, 7) is 13.2. The first kappa shape index (κ1) is 30.3. The third kappa shape index (κ3) is 6.26. The molecule has 0 radical (unpaired) electrons. The van der Waals surface area contributed by atoms with Crippen molar-refractivity contribution in [3.8, 4) is 16.9 Å². The minimum Gasteiger partial charge on any atom is -0.486 e. The van der Waals surface area contributed by atoms with Crippen molar-refractivity contribution >= 4 is 29.0 Å². The average molecular weight is 602 g/mol. The quantitative estimate of drug-likeness (QED) is 0.264. The second kappa shape index (κ2) is 13.0. The van der Waals surface area contributed by atoms with Crippen molar-refractivity contribution in [3.05, 3.63) is 59.1 Å². The molecule has 0 aliphatic carbocycles. The molecule has 0 saturated carbocycles. The molecule has 1 amide bonds. The van der Waals surface area contributed by atoms with Gasteiger partial charge in [-0.2, -0.15) is 0 Å². The van der Waals surface area contributed by atoms with Gasteiger partial charge in [0.25, 0.3) is 0 Å². The Bertz CT molecular complexity index is 1350. The minimum absolute atomic E-state index is 0.130. The van der Waals surface area contributed by atoms with Gasteiger partial charge in [-0.15, -0.1) is 0 Å². The summed E-state index contributed by atoms with van der Waals surface area (Å²) in [4.78, 5) is 18.4. The molecule has 2 N–H and O–H groups in total. The molecule has 3 atom stereocenters. The van der Waals surface area contributed by atoms with Crippen LogP contribution in [-0.4, -0.2) is 97.1 Å². The highest BCUT2D eigenvalue weighted by atomic mass is 35.5.